The van der Waals surface area contributed by atoms with Crippen LogP contribution in [-0.2, 0) is 17.6 Å². The van der Waals surface area contributed by atoms with Crippen molar-refractivity contribution in [3.05, 3.63) is 35.4 Å². The summed E-state index contributed by atoms with van der Waals surface area (Å²) in [5.74, 6) is -0.687. The molecule has 0 amide bonds. The number of rotatable bonds is 7. The number of carbonyl (C=O) groups is 1. The predicted molar refractivity (Wildman–Crippen MR) is 85.6 cm³/mol. The van der Waals surface area contributed by atoms with Crippen molar-refractivity contribution >= 4 is 5.97 Å². The Kier molecular flexibility index (Phi) is 6.24. The fraction of sp³-hybridized carbons (Fsp3) is 0.611. The van der Waals surface area contributed by atoms with Gasteiger partial charge in [-0.1, -0.05) is 44.0 Å². The number of benzene rings is 1. The average Bonchev–Trinajstić information content (AvgIpc) is 2.49. The summed E-state index contributed by atoms with van der Waals surface area (Å²) in [5.41, 5.74) is 2.63. The van der Waals surface area contributed by atoms with Gasteiger partial charge in [-0.2, -0.15) is 0 Å². The number of hydrogen-bond acceptors (Lipinski definition) is 2. The molecule has 116 valence electrons. The summed E-state index contributed by atoms with van der Waals surface area (Å²) in [6.07, 6.45) is 7.05. The van der Waals surface area contributed by atoms with E-state index in [2.05, 4.69) is 36.1 Å². The molecule has 0 aromatic heterocycles. The van der Waals surface area contributed by atoms with E-state index in [9.17, 15) is 9.90 Å². The highest BCUT2D eigenvalue weighted by Gasteiger charge is 2.23. The highest BCUT2D eigenvalue weighted by molar-refractivity contribution is 5.67. The monoisotopic (exact) mass is 289 g/mol. The maximum Gasteiger partial charge on any atom is 0.304 e. The molecule has 1 N–H and O–H groups in total. The Hall–Kier alpha value is -1.35. The second-order valence-corrected chi connectivity index (χ2v) is 6.12. The van der Waals surface area contributed by atoms with Crippen LogP contribution in [0, 0.1) is 0 Å². The summed E-state index contributed by atoms with van der Waals surface area (Å²) >= 11 is 0. The van der Waals surface area contributed by atoms with Gasteiger partial charge in [-0.3, -0.25) is 9.69 Å². The zero-order chi connectivity index (χ0) is 15.1. The highest BCUT2D eigenvalue weighted by atomic mass is 16.4. The molecular weight excluding hydrogens is 262 g/mol. The number of likely N-dealkylation sites (tertiary alicyclic amines) is 1. The van der Waals surface area contributed by atoms with E-state index >= 15 is 0 Å². The van der Waals surface area contributed by atoms with Gasteiger partial charge in [-0.25, -0.2) is 0 Å². The molecule has 0 aliphatic carbocycles. The fourth-order valence-corrected chi connectivity index (χ4v) is 3.22. The Morgan fingerprint density at radius 3 is 2.33 bits per heavy atom. The average molecular weight is 289 g/mol. The van der Waals surface area contributed by atoms with Crippen molar-refractivity contribution in [3.8, 4) is 0 Å². The number of piperidine rings is 1. The van der Waals surface area contributed by atoms with Crippen LogP contribution in [0.1, 0.15) is 50.2 Å². The van der Waals surface area contributed by atoms with E-state index in [1.165, 1.54) is 30.4 Å². The van der Waals surface area contributed by atoms with Crippen LogP contribution in [0.15, 0.2) is 24.3 Å². The minimum Gasteiger partial charge on any atom is -0.481 e. The second-order valence-electron chi connectivity index (χ2n) is 6.12. The minimum absolute atomic E-state index is 0.139. The van der Waals surface area contributed by atoms with E-state index in [1.54, 1.807) is 0 Å². The largest absolute Gasteiger partial charge is 0.481 e. The molecule has 1 aliphatic rings. The molecule has 1 heterocycles. The summed E-state index contributed by atoms with van der Waals surface area (Å²) < 4.78 is 0. The third-order valence-electron chi connectivity index (χ3n) is 4.35. The fourth-order valence-electron chi connectivity index (χ4n) is 3.22. The predicted octanol–water partition coefficient (Wildman–Crippen LogP) is 3.51. The SMILES string of the molecule is CCCc1ccc(CC(CC(=O)O)N2CCCCC2)cc1. The van der Waals surface area contributed by atoms with Crippen molar-refractivity contribution < 1.29 is 9.90 Å². The third kappa shape index (κ3) is 5.16. The van der Waals surface area contributed by atoms with Crippen molar-refractivity contribution in [2.24, 2.45) is 0 Å². The van der Waals surface area contributed by atoms with Crippen LogP contribution in [0.2, 0.25) is 0 Å². The van der Waals surface area contributed by atoms with E-state index < -0.39 is 5.97 Å². The molecule has 1 unspecified atom stereocenters. The Labute approximate surface area is 128 Å². The van der Waals surface area contributed by atoms with Crippen molar-refractivity contribution in [2.45, 2.75) is 57.9 Å². The van der Waals surface area contributed by atoms with Crippen LogP contribution in [0.4, 0.5) is 0 Å². The zero-order valence-corrected chi connectivity index (χ0v) is 13.1. The molecular formula is C18H27NO2. The Bertz CT molecular complexity index is 435. The molecule has 1 aromatic rings. The number of nitrogens with zero attached hydrogens (tertiary/aromatic N) is 1. The lowest BCUT2D eigenvalue weighted by molar-refractivity contribution is -0.138. The lowest BCUT2D eigenvalue weighted by atomic mass is 9.98. The normalized spacial score (nSPS) is 17.6. The number of carboxylic acids is 1. The van der Waals surface area contributed by atoms with Crippen LogP contribution >= 0.6 is 0 Å². The van der Waals surface area contributed by atoms with Crippen molar-refractivity contribution in [2.75, 3.05) is 13.1 Å². The van der Waals surface area contributed by atoms with Gasteiger partial charge < -0.3 is 5.11 Å². The summed E-state index contributed by atoms with van der Waals surface area (Å²) in [6.45, 7) is 4.28. The van der Waals surface area contributed by atoms with Crippen LogP contribution < -0.4 is 0 Å². The molecule has 1 aromatic carbocycles. The van der Waals surface area contributed by atoms with Gasteiger partial charge in [0.1, 0.15) is 0 Å². The van der Waals surface area contributed by atoms with Gasteiger partial charge in [-0.05, 0) is 49.9 Å². The van der Waals surface area contributed by atoms with E-state index in [1.807, 2.05) is 0 Å². The van der Waals surface area contributed by atoms with Crippen LogP contribution in [0.25, 0.3) is 0 Å². The van der Waals surface area contributed by atoms with Gasteiger partial charge in [0.15, 0.2) is 0 Å². The number of hydrogen-bond donors (Lipinski definition) is 1. The lowest BCUT2D eigenvalue weighted by Gasteiger charge is -2.34. The van der Waals surface area contributed by atoms with Crippen molar-refractivity contribution in [1.29, 1.82) is 0 Å². The summed E-state index contributed by atoms with van der Waals surface area (Å²) in [6, 6.07) is 8.85. The molecule has 3 nitrogen and oxygen atoms in total. The first-order valence-electron chi connectivity index (χ1n) is 8.22. The van der Waals surface area contributed by atoms with E-state index in [4.69, 9.17) is 0 Å². The lowest BCUT2D eigenvalue weighted by Crippen LogP contribution is -2.41. The number of aryl methyl sites for hydroxylation is 1. The van der Waals surface area contributed by atoms with Gasteiger partial charge in [0.05, 0.1) is 6.42 Å². The standard InChI is InChI=1S/C18H27NO2/c1-2-6-15-7-9-16(10-8-15)13-17(14-18(20)21)19-11-4-3-5-12-19/h7-10,17H,2-6,11-14H2,1H3,(H,20,21). The third-order valence-corrected chi connectivity index (χ3v) is 4.35. The van der Waals surface area contributed by atoms with E-state index in [-0.39, 0.29) is 12.5 Å². The van der Waals surface area contributed by atoms with Crippen LogP contribution in [0.3, 0.4) is 0 Å². The first-order chi connectivity index (χ1) is 10.2. The minimum atomic E-state index is -0.687. The first-order valence-corrected chi connectivity index (χ1v) is 8.22. The molecule has 1 atom stereocenters. The van der Waals surface area contributed by atoms with Crippen LogP contribution in [-0.4, -0.2) is 35.1 Å². The molecule has 2 rings (SSSR count). The molecule has 0 bridgehead atoms. The smallest absolute Gasteiger partial charge is 0.304 e. The van der Waals surface area contributed by atoms with Gasteiger partial charge in [0.2, 0.25) is 0 Å². The van der Waals surface area contributed by atoms with Gasteiger partial charge >= 0.3 is 5.97 Å². The highest BCUT2D eigenvalue weighted by Crippen LogP contribution is 2.19. The van der Waals surface area contributed by atoms with Crippen LogP contribution in [0.5, 0.6) is 0 Å². The quantitative estimate of drug-likeness (QED) is 0.835. The zero-order valence-electron chi connectivity index (χ0n) is 13.1. The molecule has 0 radical (unpaired) electrons. The molecule has 1 saturated heterocycles. The van der Waals surface area contributed by atoms with Gasteiger partial charge in [-0.15, -0.1) is 0 Å². The number of aliphatic carboxylic acids is 1. The van der Waals surface area contributed by atoms with Gasteiger partial charge in [0.25, 0.3) is 0 Å². The van der Waals surface area contributed by atoms with Crippen molar-refractivity contribution in [3.63, 3.8) is 0 Å². The first kappa shape index (κ1) is 16.0. The molecule has 1 aliphatic heterocycles. The summed E-state index contributed by atoms with van der Waals surface area (Å²) in [5, 5.41) is 9.18. The maximum atomic E-state index is 11.2. The van der Waals surface area contributed by atoms with E-state index in [0.29, 0.717) is 0 Å². The Balaban J connectivity index is 2.01. The molecule has 21 heavy (non-hydrogen) atoms. The molecule has 0 saturated carbocycles. The van der Waals surface area contributed by atoms with Gasteiger partial charge in [0, 0.05) is 6.04 Å². The molecule has 0 spiro atoms. The molecule has 3 heteroatoms. The Morgan fingerprint density at radius 2 is 1.76 bits per heavy atom. The maximum absolute atomic E-state index is 11.2. The van der Waals surface area contributed by atoms with E-state index in [0.717, 1.165) is 32.4 Å². The Morgan fingerprint density at radius 1 is 1.14 bits per heavy atom. The summed E-state index contributed by atoms with van der Waals surface area (Å²) in [4.78, 5) is 13.5. The number of carboxylic acid groups (broad SMARTS) is 1. The van der Waals surface area contributed by atoms with Crippen molar-refractivity contribution in [1.82, 2.24) is 4.90 Å². The second kappa shape index (κ2) is 8.18. The topological polar surface area (TPSA) is 40.5 Å². The molecule has 1 fully saturated rings. The summed E-state index contributed by atoms with van der Waals surface area (Å²) in [7, 11) is 0.